The third-order valence-corrected chi connectivity index (χ3v) is 4.47. The highest BCUT2D eigenvalue weighted by molar-refractivity contribution is 6.54. The maximum atomic E-state index is 13.0. The van der Waals surface area contributed by atoms with Gasteiger partial charge in [0.1, 0.15) is 0 Å². The molecule has 0 radical (unpaired) electrons. The lowest BCUT2D eigenvalue weighted by Crippen LogP contribution is -2.30. The molecule has 1 heterocycles. The Morgan fingerprint density at radius 1 is 1.14 bits per heavy atom. The molecule has 0 fully saturated rings. The first-order valence-electron chi connectivity index (χ1n) is 9.16. The summed E-state index contributed by atoms with van der Waals surface area (Å²) in [5, 5.41) is 3.74. The van der Waals surface area contributed by atoms with Crippen molar-refractivity contribution in [1.29, 1.82) is 0 Å². The molecule has 1 aliphatic rings. The topological polar surface area (TPSA) is 59.0 Å². The summed E-state index contributed by atoms with van der Waals surface area (Å²) in [6, 6.07) is 11.5. The number of amides is 1. The van der Waals surface area contributed by atoms with Gasteiger partial charge in [0.25, 0.3) is 5.91 Å². The van der Waals surface area contributed by atoms with E-state index in [2.05, 4.69) is 5.16 Å². The smallest absolute Gasteiger partial charge is 0.317 e. The van der Waals surface area contributed by atoms with Gasteiger partial charge in [-0.05, 0) is 30.2 Å². The van der Waals surface area contributed by atoms with Crippen molar-refractivity contribution in [2.75, 3.05) is 4.90 Å². The first-order chi connectivity index (χ1) is 13.8. The van der Waals surface area contributed by atoms with Gasteiger partial charge in [-0.1, -0.05) is 48.8 Å². The minimum atomic E-state index is -4.47. The van der Waals surface area contributed by atoms with Crippen LogP contribution < -0.4 is 4.90 Å². The average molecular weight is 404 g/mol. The molecule has 0 spiro atoms. The van der Waals surface area contributed by atoms with Gasteiger partial charge < -0.3 is 9.74 Å². The third-order valence-electron chi connectivity index (χ3n) is 4.47. The van der Waals surface area contributed by atoms with Crippen LogP contribution >= 0.6 is 0 Å². The van der Waals surface area contributed by atoms with E-state index in [1.165, 1.54) is 17.0 Å². The number of oxime groups is 1. The van der Waals surface area contributed by atoms with E-state index in [9.17, 15) is 22.8 Å². The monoisotopic (exact) mass is 404 g/mol. The number of benzene rings is 2. The van der Waals surface area contributed by atoms with E-state index in [4.69, 9.17) is 4.84 Å². The van der Waals surface area contributed by atoms with Crippen LogP contribution in [0.5, 0.6) is 0 Å². The summed E-state index contributed by atoms with van der Waals surface area (Å²) in [5.74, 6) is -1.08. The molecule has 152 valence electrons. The van der Waals surface area contributed by atoms with Crippen molar-refractivity contribution in [3.63, 3.8) is 0 Å². The highest BCUT2D eigenvalue weighted by Crippen LogP contribution is 2.33. The first-order valence-corrected chi connectivity index (χ1v) is 9.16. The van der Waals surface area contributed by atoms with Gasteiger partial charge in [0.2, 0.25) is 0 Å². The van der Waals surface area contributed by atoms with Gasteiger partial charge >= 0.3 is 12.1 Å². The zero-order chi connectivity index (χ0) is 21.0. The molecule has 5 nitrogen and oxygen atoms in total. The van der Waals surface area contributed by atoms with Gasteiger partial charge in [-0.3, -0.25) is 4.79 Å². The van der Waals surface area contributed by atoms with Gasteiger partial charge in [0, 0.05) is 12.0 Å². The summed E-state index contributed by atoms with van der Waals surface area (Å²) in [6.45, 7) is 1.87. The second kappa shape index (κ2) is 8.46. The summed E-state index contributed by atoms with van der Waals surface area (Å²) >= 11 is 0. The molecule has 1 amide bonds. The van der Waals surface area contributed by atoms with Crippen LogP contribution in [0.25, 0.3) is 0 Å². The number of halogens is 3. The van der Waals surface area contributed by atoms with Crippen molar-refractivity contribution in [2.45, 2.75) is 38.9 Å². The zero-order valence-electron chi connectivity index (χ0n) is 15.7. The number of unbranched alkanes of at least 4 members (excludes halogenated alkanes) is 1. The molecule has 0 aromatic heterocycles. The van der Waals surface area contributed by atoms with E-state index >= 15 is 0 Å². The Hall–Kier alpha value is -3.16. The van der Waals surface area contributed by atoms with Crippen LogP contribution in [0.3, 0.4) is 0 Å². The number of anilines is 1. The van der Waals surface area contributed by atoms with Crippen LogP contribution in [0.2, 0.25) is 0 Å². The lowest BCUT2D eigenvalue weighted by atomic mass is 10.1. The quantitative estimate of drug-likeness (QED) is 0.518. The van der Waals surface area contributed by atoms with Crippen LogP contribution in [0.15, 0.2) is 53.7 Å². The maximum Gasteiger partial charge on any atom is 0.416 e. The fraction of sp³-hybridized carbons (Fsp3) is 0.286. The first kappa shape index (κ1) is 20.6. The molecule has 1 aliphatic heterocycles. The Bertz CT molecular complexity index is 954. The van der Waals surface area contributed by atoms with Gasteiger partial charge in [0.05, 0.1) is 17.8 Å². The fourth-order valence-corrected chi connectivity index (χ4v) is 3.00. The molecular formula is C21H19F3N2O3. The van der Waals surface area contributed by atoms with Crippen LogP contribution in [-0.4, -0.2) is 17.6 Å². The van der Waals surface area contributed by atoms with Gasteiger partial charge in [-0.2, -0.15) is 13.2 Å². The minimum absolute atomic E-state index is 0.0441. The minimum Gasteiger partial charge on any atom is -0.317 e. The van der Waals surface area contributed by atoms with Crippen molar-refractivity contribution in [2.24, 2.45) is 5.16 Å². The highest BCUT2D eigenvalue weighted by atomic mass is 19.4. The van der Waals surface area contributed by atoms with Crippen LogP contribution in [0.1, 0.15) is 42.9 Å². The number of hydrogen-bond acceptors (Lipinski definition) is 4. The standard InChI is InChI=1S/C21H19F3N2O3/c1-2-3-11-18(27)29-25-19-16-9-4-5-10-17(16)26(20(19)28)13-14-7-6-8-15(12-14)21(22,23)24/h4-10,12H,2-3,11,13H2,1H3/b25-19+. The van der Waals surface area contributed by atoms with Crippen molar-refractivity contribution < 1.29 is 27.6 Å². The largest absolute Gasteiger partial charge is 0.416 e. The Balaban J connectivity index is 1.86. The maximum absolute atomic E-state index is 13.0. The van der Waals surface area contributed by atoms with Crippen LogP contribution in [-0.2, 0) is 27.1 Å². The fourth-order valence-electron chi connectivity index (χ4n) is 3.00. The van der Waals surface area contributed by atoms with E-state index in [-0.39, 0.29) is 18.7 Å². The second-order valence-electron chi connectivity index (χ2n) is 6.61. The Morgan fingerprint density at radius 2 is 1.90 bits per heavy atom. The second-order valence-corrected chi connectivity index (χ2v) is 6.61. The molecule has 8 heteroatoms. The Labute approximate surface area is 165 Å². The zero-order valence-corrected chi connectivity index (χ0v) is 15.7. The Kier molecular flexibility index (Phi) is 6.00. The normalized spacial score (nSPS) is 15.0. The van der Waals surface area contributed by atoms with Crippen molar-refractivity contribution in [3.8, 4) is 0 Å². The van der Waals surface area contributed by atoms with Gasteiger partial charge in [-0.25, -0.2) is 4.79 Å². The predicted octanol–water partition coefficient (Wildman–Crippen LogP) is 4.69. The average Bonchev–Trinajstić information content (AvgIpc) is 2.96. The molecule has 2 aromatic rings. The van der Waals surface area contributed by atoms with Crippen molar-refractivity contribution in [3.05, 3.63) is 65.2 Å². The predicted molar refractivity (Wildman–Crippen MR) is 101 cm³/mol. The summed E-state index contributed by atoms with van der Waals surface area (Å²) in [5.41, 5.74) is 0.460. The molecule has 0 unspecified atom stereocenters. The lowest BCUT2D eigenvalue weighted by Gasteiger charge is -2.17. The van der Waals surface area contributed by atoms with Gasteiger partial charge in [-0.15, -0.1) is 0 Å². The molecule has 3 rings (SSSR count). The summed E-state index contributed by atoms with van der Waals surface area (Å²) < 4.78 is 38.9. The molecule has 0 N–H and O–H groups in total. The summed E-state index contributed by atoms with van der Waals surface area (Å²) in [7, 11) is 0. The van der Waals surface area contributed by atoms with E-state index in [1.807, 2.05) is 6.92 Å². The van der Waals surface area contributed by atoms with Crippen LogP contribution in [0, 0.1) is 0 Å². The molecule has 0 saturated heterocycles. The summed E-state index contributed by atoms with van der Waals surface area (Å²) in [4.78, 5) is 30.8. The molecule has 0 saturated carbocycles. The molecule has 29 heavy (non-hydrogen) atoms. The van der Waals surface area contributed by atoms with Gasteiger partial charge in [0.15, 0.2) is 5.71 Å². The summed E-state index contributed by atoms with van der Waals surface area (Å²) in [6.07, 6.45) is -2.81. The number of alkyl halides is 3. The molecule has 0 aliphatic carbocycles. The molecular weight excluding hydrogens is 385 g/mol. The van der Waals surface area contributed by atoms with Crippen molar-refractivity contribution in [1.82, 2.24) is 0 Å². The van der Waals surface area contributed by atoms with E-state index < -0.39 is 23.6 Å². The lowest BCUT2D eigenvalue weighted by molar-refractivity contribution is -0.143. The number of nitrogens with zero attached hydrogens (tertiary/aromatic N) is 2. The van der Waals surface area contributed by atoms with E-state index in [0.29, 0.717) is 23.2 Å². The SMILES string of the molecule is CCCCC(=O)O/N=C1/C(=O)N(Cc2cccc(C(F)(F)F)c2)c2ccccc21. The van der Waals surface area contributed by atoms with E-state index in [1.54, 1.807) is 24.3 Å². The number of para-hydroxylation sites is 1. The number of rotatable bonds is 6. The number of carbonyl (C=O) groups excluding carboxylic acids is 2. The number of hydrogen-bond donors (Lipinski definition) is 0. The molecule has 0 bridgehead atoms. The Morgan fingerprint density at radius 3 is 2.62 bits per heavy atom. The highest BCUT2D eigenvalue weighted by Gasteiger charge is 2.35. The van der Waals surface area contributed by atoms with Crippen LogP contribution in [0.4, 0.5) is 18.9 Å². The number of fused-ring (bicyclic) bond motifs is 1. The number of carbonyl (C=O) groups is 2. The molecule has 0 atom stereocenters. The molecule has 2 aromatic carbocycles. The third kappa shape index (κ3) is 4.64. The van der Waals surface area contributed by atoms with Crippen molar-refractivity contribution >= 4 is 23.3 Å². The van der Waals surface area contributed by atoms with E-state index in [0.717, 1.165) is 18.6 Å².